The van der Waals surface area contributed by atoms with Crippen LogP contribution in [0.1, 0.15) is 31.5 Å². The lowest BCUT2D eigenvalue weighted by molar-refractivity contribution is -0.144. The van der Waals surface area contributed by atoms with Crippen molar-refractivity contribution >= 4 is 23.4 Å². The smallest absolute Gasteiger partial charge is 0.408 e. The van der Waals surface area contributed by atoms with Crippen molar-refractivity contribution in [2.75, 3.05) is 6.61 Å². The highest BCUT2D eigenvalue weighted by molar-refractivity contribution is 7.10. The van der Waals surface area contributed by atoms with E-state index in [9.17, 15) is 9.59 Å². The van der Waals surface area contributed by atoms with Gasteiger partial charge in [0.25, 0.3) is 0 Å². The van der Waals surface area contributed by atoms with Gasteiger partial charge in [-0.05, 0) is 20.8 Å². The molecule has 0 unspecified atom stereocenters. The molecule has 0 radical (unpaired) electrons. The van der Waals surface area contributed by atoms with E-state index < -0.39 is 30.3 Å². The summed E-state index contributed by atoms with van der Waals surface area (Å²) in [7, 11) is 0. The van der Waals surface area contributed by atoms with Crippen molar-refractivity contribution in [1.82, 2.24) is 10.3 Å². The third-order valence-electron chi connectivity index (χ3n) is 2.32. The molecule has 0 spiro atoms. The van der Waals surface area contributed by atoms with E-state index in [2.05, 4.69) is 10.3 Å². The zero-order valence-corrected chi connectivity index (χ0v) is 13.8. The summed E-state index contributed by atoms with van der Waals surface area (Å²) in [6.45, 7) is 4.64. The van der Waals surface area contributed by atoms with Crippen molar-refractivity contribution < 1.29 is 19.1 Å². The fourth-order valence-electron chi connectivity index (χ4n) is 1.51. The minimum atomic E-state index is -1.06. The summed E-state index contributed by atoms with van der Waals surface area (Å²) in [4.78, 5) is 27.8. The Bertz CT molecular complexity index is 651. The van der Waals surface area contributed by atoms with Crippen molar-refractivity contribution in [2.45, 2.75) is 38.8 Å². The van der Waals surface area contributed by atoms with Gasteiger partial charge in [0.05, 0.1) is 5.69 Å². The van der Waals surface area contributed by atoms with E-state index in [4.69, 9.17) is 20.0 Å². The number of hydrogen-bond acceptors (Lipinski definition) is 8. The summed E-state index contributed by atoms with van der Waals surface area (Å²) in [6, 6.07) is 2.51. The van der Waals surface area contributed by atoms with Crippen LogP contribution in [0.4, 0.5) is 4.79 Å². The average Bonchev–Trinajstić information content (AvgIpc) is 2.89. The Morgan fingerprint density at radius 3 is 2.65 bits per heavy atom. The van der Waals surface area contributed by atoms with Crippen LogP contribution in [-0.4, -0.2) is 35.3 Å². The number of nitriles is 2. The van der Waals surface area contributed by atoms with Gasteiger partial charge in [-0.3, -0.25) is 0 Å². The molecular formula is C14H16N4O4S. The van der Waals surface area contributed by atoms with Crippen LogP contribution in [0.15, 0.2) is 5.38 Å². The molecule has 0 aliphatic heterocycles. The van der Waals surface area contributed by atoms with Gasteiger partial charge >= 0.3 is 12.1 Å². The number of carbonyl (C=O) groups is 2. The van der Waals surface area contributed by atoms with Crippen LogP contribution in [0.5, 0.6) is 0 Å². The third-order valence-corrected chi connectivity index (χ3v) is 3.11. The summed E-state index contributed by atoms with van der Waals surface area (Å²) in [5.74, 6) is -0.774. The van der Waals surface area contributed by atoms with Gasteiger partial charge in [-0.25, -0.2) is 14.6 Å². The molecule has 9 heteroatoms. The Balaban J connectivity index is 2.80. The standard InChI is InChI=1S/C14H16N4O4S/c1-14(2,3)22-13(20)18-10(12(19)21-5-4-15)6-9-8-23-11(7-16)17-9/h8,10H,5-6H2,1-3H3,(H,18,20)/t10-/m0/s1. The minimum absolute atomic E-state index is 0.0294. The monoisotopic (exact) mass is 336 g/mol. The van der Waals surface area contributed by atoms with Crippen LogP contribution in [0.3, 0.4) is 0 Å². The Kier molecular flexibility index (Phi) is 6.49. The number of ether oxygens (including phenoxy) is 2. The van der Waals surface area contributed by atoms with Crippen LogP contribution < -0.4 is 5.32 Å². The highest BCUT2D eigenvalue weighted by Crippen LogP contribution is 2.12. The van der Waals surface area contributed by atoms with Crippen molar-refractivity contribution in [3.05, 3.63) is 16.1 Å². The van der Waals surface area contributed by atoms with E-state index in [1.165, 1.54) is 0 Å². The number of hydrogen-bond donors (Lipinski definition) is 1. The van der Waals surface area contributed by atoms with Gasteiger partial charge in [0, 0.05) is 11.8 Å². The first-order valence-corrected chi connectivity index (χ1v) is 7.50. The molecule has 1 amide bonds. The number of carbonyl (C=O) groups excluding carboxylic acids is 2. The van der Waals surface area contributed by atoms with Gasteiger partial charge in [-0.1, -0.05) is 0 Å². The number of nitrogens with one attached hydrogen (secondary N) is 1. The topological polar surface area (TPSA) is 125 Å². The maximum Gasteiger partial charge on any atom is 0.408 e. The fourth-order valence-corrected chi connectivity index (χ4v) is 2.13. The number of esters is 1. The van der Waals surface area contributed by atoms with E-state index in [-0.39, 0.29) is 11.4 Å². The number of thiazole rings is 1. The highest BCUT2D eigenvalue weighted by Gasteiger charge is 2.26. The summed E-state index contributed by atoms with van der Waals surface area (Å²) >= 11 is 1.13. The number of amides is 1. The first-order chi connectivity index (χ1) is 10.7. The largest absolute Gasteiger partial charge is 0.449 e. The van der Waals surface area contributed by atoms with Crippen molar-refractivity contribution in [3.63, 3.8) is 0 Å². The second-order valence-electron chi connectivity index (χ2n) is 5.42. The van der Waals surface area contributed by atoms with Crippen molar-refractivity contribution in [1.29, 1.82) is 10.5 Å². The van der Waals surface area contributed by atoms with Crippen molar-refractivity contribution in [3.8, 4) is 12.1 Å². The molecule has 0 aromatic carbocycles. The van der Waals surface area contributed by atoms with E-state index in [0.29, 0.717) is 5.69 Å². The molecule has 1 aromatic heterocycles. The lowest BCUT2D eigenvalue weighted by atomic mass is 10.1. The Morgan fingerprint density at radius 2 is 2.13 bits per heavy atom. The second kappa shape index (κ2) is 8.11. The number of aromatic nitrogens is 1. The maximum atomic E-state index is 12.0. The molecule has 1 heterocycles. The number of nitrogens with zero attached hydrogens (tertiary/aromatic N) is 3. The van der Waals surface area contributed by atoms with Gasteiger partial charge in [-0.15, -0.1) is 11.3 Å². The van der Waals surface area contributed by atoms with E-state index >= 15 is 0 Å². The molecule has 122 valence electrons. The molecule has 1 rings (SSSR count). The average molecular weight is 336 g/mol. The third kappa shape index (κ3) is 6.76. The van der Waals surface area contributed by atoms with Gasteiger partial charge in [0.15, 0.2) is 11.6 Å². The van der Waals surface area contributed by atoms with Gasteiger partial charge < -0.3 is 14.8 Å². The van der Waals surface area contributed by atoms with Crippen LogP contribution >= 0.6 is 11.3 Å². The highest BCUT2D eigenvalue weighted by atomic mass is 32.1. The van der Waals surface area contributed by atoms with Gasteiger partial charge in [0.2, 0.25) is 0 Å². The zero-order chi connectivity index (χ0) is 17.5. The first kappa shape index (κ1) is 18.4. The molecule has 0 saturated carbocycles. The molecular weight excluding hydrogens is 320 g/mol. The second-order valence-corrected chi connectivity index (χ2v) is 6.28. The fraction of sp³-hybridized carbons (Fsp3) is 0.500. The predicted octanol–water partition coefficient (Wildman–Crippen LogP) is 1.52. The molecule has 0 bridgehead atoms. The summed E-state index contributed by atoms with van der Waals surface area (Å²) in [5, 5.41) is 21.5. The van der Waals surface area contributed by atoms with Gasteiger partial charge in [0.1, 0.15) is 23.8 Å². The van der Waals surface area contributed by atoms with Crippen LogP contribution in [-0.2, 0) is 20.7 Å². The molecule has 23 heavy (non-hydrogen) atoms. The first-order valence-electron chi connectivity index (χ1n) is 6.62. The molecule has 0 fully saturated rings. The van der Waals surface area contributed by atoms with Crippen LogP contribution in [0.2, 0.25) is 0 Å². The lowest BCUT2D eigenvalue weighted by Gasteiger charge is -2.22. The summed E-state index contributed by atoms with van der Waals surface area (Å²) < 4.78 is 9.82. The molecule has 1 atom stereocenters. The SMILES string of the molecule is CC(C)(C)OC(=O)N[C@@H](Cc1csc(C#N)n1)C(=O)OCC#N. The van der Waals surface area contributed by atoms with Crippen LogP contribution in [0, 0.1) is 22.7 Å². The van der Waals surface area contributed by atoms with Crippen molar-refractivity contribution in [2.24, 2.45) is 0 Å². The van der Waals surface area contributed by atoms with E-state index in [0.717, 1.165) is 11.3 Å². The maximum absolute atomic E-state index is 12.0. The molecule has 1 aromatic rings. The molecule has 8 nitrogen and oxygen atoms in total. The molecule has 0 aliphatic carbocycles. The number of rotatable bonds is 5. The van der Waals surface area contributed by atoms with E-state index in [1.807, 2.05) is 6.07 Å². The Labute approximate surface area is 137 Å². The molecule has 0 saturated heterocycles. The molecule has 1 N–H and O–H groups in total. The Hall–Kier alpha value is -2.65. The zero-order valence-electron chi connectivity index (χ0n) is 13.0. The minimum Gasteiger partial charge on any atom is -0.449 e. The van der Waals surface area contributed by atoms with Gasteiger partial charge in [-0.2, -0.15) is 10.5 Å². The predicted molar refractivity (Wildman–Crippen MR) is 80.3 cm³/mol. The summed E-state index contributed by atoms with van der Waals surface area (Å²) in [6.07, 6.45) is -0.756. The normalized spacial score (nSPS) is 11.7. The Morgan fingerprint density at radius 1 is 1.43 bits per heavy atom. The lowest BCUT2D eigenvalue weighted by Crippen LogP contribution is -2.45. The van der Waals surface area contributed by atoms with E-state index in [1.54, 1.807) is 32.2 Å². The number of alkyl carbamates (subject to hydrolysis) is 1. The summed E-state index contributed by atoms with van der Waals surface area (Å²) in [5.41, 5.74) is -0.263. The molecule has 0 aliphatic rings. The van der Waals surface area contributed by atoms with Crippen LogP contribution in [0.25, 0.3) is 0 Å². The quantitative estimate of drug-likeness (QED) is 0.808.